The van der Waals surface area contributed by atoms with E-state index in [0.717, 1.165) is 17.7 Å². The summed E-state index contributed by atoms with van der Waals surface area (Å²) in [6, 6.07) is 10.4. The summed E-state index contributed by atoms with van der Waals surface area (Å²) in [7, 11) is 1.58. The van der Waals surface area contributed by atoms with Crippen LogP contribution < -0.4 is 15.4 Å². The highest BCUT2D eigenvalue weighted by molar-refractivity contribution is 6.46. The Morgan fingerprint density at radius 1 is 1.16 bits per heavy atom. The van der Waals surface area contributed by atoms with Crippen molar-refractivity contribution in [2.75, 3.05) is 32.1 Å². The zero-order valence-corrected chi connectivity index (χ0v) is 17.0. The lowest BCUT2D eigenvalue weighted by molar-refractivity contribution is -0.119. The Labute approximate surface area is 178 Å². The largest absolute Gasteiger partial charge is 0.497 e. The van der Waals surface area contributed by atoms with E-state index in [4.69, 9.17) is 9.73 Å². The first-order valence-electron chi connectivity index (χ1n) is 9.91. The molecule has 1 spiro atoms. The summed E-state index contributed by atoms with van der Waals surface area (Å²) >= 11 is 0. The molecule has 0 atom stereocenters. The highest BCUT2D eigenvalue weighted by Gasteiger charge is 2.42. The van der Waals surface area contributed by atoms with Gasteiger partial charge in [-0.3, -0.25) is 19.5 Å². The van der Waals surface area contributed by atoms with Gasteiger partial charge in [-0.15, -0.1) is 0 Å². The lowest BCUT2D eigenvalue weighted by atomic mass is 9.98. The molecule has 7 nitrogen and oxygen atoms in total. The molecule has 1 saturated heterocycles. The lowest BCUT2D eigenvalue weighted by Gasteiger charge is -2.36. The van der Waals surface area contributed by atoms with Crippen LogP contribution in [-0.2, 0) is 9.59 Å². The molecule has 0 bridgehead atoms. The number of anilines is 1. The molecule has 2 aromatic rings. The highest BCUT2D eigenvalue weighted by Crippen LogP contribution is 2.29. The molecule has 2 amide bonds. The number of hydrogen-bond donors (Lipinski definition) is 2. The van der Waals surface area contributed by atoms with E-state index in [9.17, 15) is 18.4 Å². The van der Waals surface area contributed by atoms with E-state index in [1.165, 1.54) is 6.07 Å². The number of nitrogens with zero attached hydrogens (tertiary/aromatic N) is 2. The van der Waals surface area contributed by atoms with Crippen LogP contribution in [0.25, 0.3) is 0 Å². The van der Waals surface area contributed by atoms with E-state index in [0.29, 0.717) is 37.4 Å². The summed E-state index contributed by atoms with van der Waals surface area (Å²) < 4.78 is 31.4. The van der Waals surface area contributed by atoms with Crippen LogP contribution in [0.1, 0.15) is 18.4 Å². The number of piperidine rings is 1. The number of benzene rings is 2. The monoisotopic (exact) mass is 428 g/mol. The highest BCUT2D eigenvalue weighted by atomic mass is 19.2. The number of carbonyl (C=O) groups is 2. The summed E-state index contributed by atoms with van der Waals surface area (Å²) in [5.41, 5.74) is 0.657. The second kappa shape index (κ2) is 8.43. The van der Waals surface area contributed by atoms with E-state index < -0.39 is 17.3 Å². The van der Waals surface area contributed by atoms with Gasteiger partial charge in [0.25, 0.3) is 5.91 Å². The molecule has 0 radical (unpaired) electrons. The average Bonchev–Trinajstić information content (AvgIpc) is 3.08. The number of aliphatic imine (C=N–C) groups is 1. The van der Waals surface area contributed by atoms with Crippen LogP contribution >= 0.6 is 0 Å². The molecule has 0 unspecified atom stereocenters. The topological polar surface area (TPSA) is 83.0 Å². The van der Waals surface area contributed by atoms with Crippen molar-refractivity contribution in [1.29, 1.82) is 0 Å². The number of methoxy groups -OCH3 is 1. The van der Waals surface area contributed by atoms with Gasteiger partial charge in [-0.05, 0) is 36.4 Å². The summed E-state index contributed by atoms with van der Waals surface area (Å²) in [6.07, 6.45) is 1.13. The van der Waals surface area contributed by atoms with Crippen molar-refractivity contribution in [3.8, 4) is 5.75 Å². The van der Waals surface area contributed by atoms with E-state index >= 15 is 0 Å². The predicted molar refractivity (Wildman–Crippen MR) is 111 cm³/mol. The van der Waals surface area contributed by atoms with Crippen LogP contribution in [0.15, 0.2) is 47.5 Å². The maximum atomic E-state index is 13.3. The predicted octanol–water partition coefficient (Wildman–Crippen LogP) is 2.32. The molecule has 2 N–H and O–H groups in total. The van der Waals surface area contributed by atoms with Crippen LogP contribution in [0, 0.1) is 11.6 Å². The van der Waals surface area contributed by atoms with Crippen molar-refractivity contribution in [2.45, 2.75) is 18.5 Å². The minimum atomic E-state index is -1.01. The fourth-order valence-electron chi connectivity index (χ4n) is 3.80. The number of halogens is 2. The van der Waals surface area contributed by atoms with E-state index in [-0.39, 0.29) is 24.0 Å². The normalized spacial score (nSPS) is 17.9. The minimum absolute atomic E-state index is 0.109. The van der Waals surface area contributed by atoms with Crippen molar-refractivity contribution >= 4 is 23.2 Å². The van der Waals surface area contributed by atoms with Gasteiger partial charge in [-0.1, -0.05) is 0 Å². The molecule has 0 saturated carbocycles. The molecule has 31 heavy (non-hydrogen) atoms. The standard InChI is InChI=1S/C22H22F2N4O3/c1-31-16-5-2-14(3-6-16)20-21(30)27-22(26-20)8-10-28(11-9-22)13-19(29)25-15-4-7-17(23)18(24)12-15/h2-7,12H,8-11,13H2,1H3,(H,25,29)(H,27,30). The van der Waals surface area contributed by atoms with Crippen LogP contribution in [-0.4, -0.2) is 54.8 Å². The molecule has 0 aromatic heterocycles. The van der Waals surface area contributed by atoms with Gasteiger partial charge >= 0.3 is 0 Å². The van der Waals surface area contributed by atoms with Gasteiger partial charge < -0.3 is 15.4 Å². The molecular formula is C22H22F2N4O3. The molecule has 2 aliphatic rings. The first kappa shape index (κ1) is 20.9. The quantitative estimate of drug-likeness (QED) is 0.766. The number of rotatable bonds is 5. The molecule has 162 valence electrons. The fraction of sp³-hybridized carbons (Fsp3) is 0.318. The Kier molecular flexibility index (Phi) is 5.69. The van der Waals surface area contributed by atoms with Crippen LogP contribution in [0.5, 0.6) is 5.75 Å². The van der Waals surface area contributed by atoms with Gasteiger partial charge in [0.05, 0.1) is 13.7 Å². The van der Waals surface area contributed by atoms with Crippen LogP contribution in [0.4, 0.5) is 14.5 Å². The first-order chi connectivity index (χ1) is 14.9. The first-order valence-corrected chi connectivity index (χ1v) is 9.91. The fourth-order valence-corrected chi connectivity index (χ4v) is 3.80. The zero-order valence-electron chi connectivity index (χ0n) is 17.0. The summed E-state index contributed by atoms with van der Waals surface area (Å²) in [5.74, 6) is -1.81. The summed E-state index contributed by atoms with van der Waals surface area (Å²) in [6.45, 7) is 1.23. The average molecular weight is 428 g/mol. The molecule has 2 heterocycles. The maximum absolute atomic E-state index is 13.3. The van der Waals surface area contributed by atoms with Gasteiger partial charge in [0.2, 0.25) is 5.91 Å². The second-order valence-corrected chi connectivity index (χ2v) is 7.63. The Bertz CT molecular complexity index is 1030. The van der Waals surface area contributed by atoms with E-state index in [1.54, 1.807) is 31.4 Å². The molecule has 2 aromatic carbocycles. The van der Waals surface area contributed by atoms with Gasteiger partial charge in [-0.2, -0.15) is 0 Å². The second-order valence-electron chi connectivity index (χ2n) is 7.63. The van der Waals surface area contributed by atoms with Crippen molar-refractivity contribution < 1.29 is 23.1 Å². The minimum Gasteiger partial charge on any atom is -0.497 e. The maximum Gasteiger partial charge on any atom is 0.272 e. The van der Waals surface area contributed by atoms with Crippen molar-refractivity contribution in [2.24, 2.45) is 4.99 Å². The van der Waals surface area contributed by atoms with Gasteiger partial charge in [0.1, 0.15) is 17.1 Å². The Morgan fingerprint density at radius 3 is 2.52 bits per heavy atom. The summed E-state index contributed by atoms with van der Waals surface area (Å²) in [5, 5.41) is 5.56. The lowest BCUT2D eigenvalue weighted by Crippen LogP contribution is -2.52. The van der Waals surface area contributed by atoms with Crippen molar-refractivity contribution in [3.63, 3.8) is 0 Å². The molecule has 0 aliphatic carbocycles. The third-order valence-electron chi connectivity index (χ3n) is 5.50. The number of ether oxygens (including phenoxy) is 1. The number of nitrogens with one attached hydrogen (secondary N) is 2. The van der Waals surface area contributed by atoms with Gasteiger partial charge in [0.15, 0.2) is 11.6 Å². The summed E-state index contributed by atoms with van der Waals surface area (Å²) in [4.78, 5) is 31.4. The molecule has 4 rings (SSSR count). The van der Waals surface area contributed by atoms with Crippen molar-refractivity contribution in [3.05, 3.63) is 59.7 Å². The number of carbonyl (C=O) groups excluding carboxylic acids is 2. The third kappa shape index (κ3) is 4.56. The smallest absolute Gasteiger partial charge is 0.272 e. The SMILES string of the molecule is COc1ccc(C2=NC3(CCN(CC(=O)Nc4ccc(F)c(F)c4)CC3)NC2=O)cc1. The molecule has 9 heteroatoms. The zero-order chi connectivity index (χ0) is 22.0. The van der Waals surface area contributed by atoms with Crippen LogP contribution in [0.3, 0.4) is 0 Å². The molecule has 2 aliphatic heterocycles. The third-order valence-corrected chi connectivity index (χ3v) is 5.50. The van der Waals surface area contributed by atoms with E-state index in [1.807, 2.05) is 4.90 Å². The Morgan fingerprint density at radius 2 is 1.87 bits per heavy atom. The van der Waals surface area contributed by atoms with Gasteiger partial charge in [0, 0.05) is 43.2 Å². The number of amides is 2. The molecular weight excluding hydrogens is 406 g/mol. The van der Waals surface area contributed by atoms with E-state index in [2.05, 4.69) is 10.6 Å². The van der Waals surface area contributed by atoms with Crippen LogP contribution in [0.2, 0.25) is 0 Å². The molecule has 1 fully saturated rings. The Hall–Kier alpha value is -3.33. The Balaban J connectivity index is 1.35. The number of likely N-dealkylation sites (tertiary alicyclic amines) is 1. The number of hydrogen-bond acceptors (Lipinski definition) is 5. The van der Waals surface area contributed by atoms with Gasteiger partial charge in [-0.25, -0.2) is 8.78 Å². The van der Waals surface area contributed by atoms with Crippen molar-refractivity contribution in [1.82, 2.24) is 10.2 Å².